The molecule has 2 fully saturated rings. The Morgan fingerprint density at radius 1 is 0.882 bits per heavy atom. The lowest BCUT2D eigenvalue weighted by atomic mass is 9.71. The summed E-state index contributed by atoms with van der Waals surface area (Å²) in [5.41, 5.74) is 0. The third-order valence-electron chi connectivity index (χ3n) is 5.04. The quantitative estimate of drug-likeness (QED) is 0.771. The number of hydrogen-bond acceptors (Lipinski definition) is 1. The van der Waals surface area contributed by atoms with E-state index in [1.165, 1.54) is 51.5 Å². The Balaban J connectivity index is 1.79. The first kappa shape index (κ1) is 13.4. The van der Waals surface area contributed by atoms with Gasteiger partial charge >= 0.3 is 0 Å². The minimum absolute atomic E-state index is 0.840. The van der Waals surface area contributed by atoms with E-state index in [9.17, 15) is 0 Å². The van der Waals surface area contributed by atoms with E-state index in [4.69, 9.17) is 0 Å². The average Bonchev–Trinajstić information content (AvgIpc) is 2.73. The maximum atomic E-state index is 3.72. The Morgan fingerprint density at radius 3 is 2.24 bits per heavy atom. The van der Waals surface area contributed by atoms with Crippen molar-refractivity contribution in [1.29, 1.82) is 0 Å². The van der Waals surface area contributed by atoms with E-state index in [0.29, 0.717) is 0 Å². The van der Waals surface area contributed by atoms with Crippen molar-refractivity contribution in [2.45, 2.75) is 71.8 Å². The van der Waals surface area contributed by atoms with Crippen LogP contribution < -0.4 is 5.32 Å². The molecule has 17 heavy (non-hydrogen) atoms. The summed E-state index contributed by atoms with van der Waals surface area (Å²) in [5.74, 6) is 4.04. The molecule has 1 N–H and O–H groups in total. The molecule has 0 spiro atoms. The molecule has 100 valence electrons. The van der Waals surface area contributed by atoms with Crippen LogP contribution in [0.5, 0.6) is 0 Å². The molecule has 0 amide bonds. The number of hydrogen-bond donors (Lipinski definition) is 1. The molecule has 0 saturated heterocycles. The lowest BCUT2D eigenvalue weighted by Crippen LogP contribution is -2.29. The molecule has 2 aliphatic carbocycles. The summed E-state index contributed by atoms with van der Waals surface area (Å²) in [5, 5.41) is 3.72. The summed E-state index contributed by atoms with van der Waals surface area (Å²) in [7, 11) is 0. The summed E-state index contributed by atoms with van der Waals surface area (Å²) in [6.07, 6.45) is 10.2. The van der Waals surface area contributed by atoms with Crippen molar-refractivity contribution in [3.05, 3.63) is 0 Å². The molecule has 0 bridgehead atoms. The van der Waals surface area contributed by atoms with E-state index >= 15 is 0 Å². The molecule has 4 unspecified atom stereocenters. The molecule has 0 aromatic rings. The van der Waals surface area contributed by atoms with Gasteiger partial charge in [-0.1, -0.05) is 20.8 Å². The number of nitrogens with one attached hydrogen (secondary N) is 1. The topological polar surface area (TPSA) is 12.0 Å². The third kappa shape index (κ3) is 3.71. The molecule has 0 aliphatic heterocycles. The van der Waals surface area contributed by atoms with Gasteiger partial charge in [-0.05, 0) is 75.2 Å². The smallest absolute Gasteiger partial charge is 0.00699 e. The summed E-state index contributed by atoms with van der Waals surface area (Å²) in [4.78, 5) is 0. The van der Waals surface area contributed by atoms with Crippen LogP contribution in [0.15, 0.2) is 0 Å². The Morgan fingerprint density at radius 2 is 1.59 bits per heavy atom. The predicted octanol–water partition coefficient (Wildman–Crippen LogP) is 4.23. The van der Waals surface area contributed by atoms with Crippen LogP contribution in [0.25, 0.3) is 0 Å². The Hall–Kier alpha value is -0.0400. The van der Waals surface area contributed by atoms with Gasteiger partial charge in [0.25, 0.3) is 0 Å². The fourth-order valence-corrected chi connectivity index (χ4v) is 4.37. The van der Waals surface area contributed by atoms with Crippen molar-refractivity contribution in [2.75, 3.05) is 6.54 Å². The van der Waals surface area contributed by atoms with Gasteiger partial charge in [0.1, 0.15) is 0 Å². The highest BCUT2D eigenvalue weighted by atomic mass is 14.9. The molecular weight excluding hydrogens is 206 g/mol. The summed E-state index contributed by atoms with van der Waals surface area (Å²) >= 11 is 0. The maximum absolute atomic E-state index is 3.72. The van der Waals surface area contributed by atoms with Gasteiger partial charge < -0.3 is 5.32 Å². The lowest BCUT2D eigenvalue weighted by molar-refractivity contribution is 0.160. The Kier molecular flexibility index (Phi) is 4.90. The molecule has 0 heterocycles. The normalized spacial score (nSPS) is 42.9. The van der Waals surface area contributed by atoms with E-state index in [-0.39, 0.29) is 0 Å². The first-order valence-corrected chi connectivity index (χ1v) is 7.92. The second-order valence-electron chi connectivity index (χ2n) is 6.90. The highest BCUT2D eigenvalue weighted by molar-refractivity contribution is 4.87. The van der Waals surface area contributed by atoms with Crippen LogP contribution in [0.1, 0.15) is 65.7 Å². The monoisotopic (exact) mass is 237 g/mol. The van der Waals surface area contributed by atoms with E-state index in [2.05, 4.69) is 26.1 Å². The van der Waals surface area contributed by atoms with Crippen molar-refractivity contribution >= 4 is 0 Å². The standard InChI is InChI=1S/C16H31N/c1-4-7-17-16-6-5-14(11-16)15-9-12(2)8-13(3)10-15/h12-17H,4-11H2,1-3H3. The van der Waals surface area contributed by atoms with Crippen LogP contribution in [-0.4, -0.2) is 12.6 Å². The first-order valence-electron chi connectivity index (χ1n) is 7.92. The van der Waals surface area contributed by atoms with Gasteiger partial charge in [-0.3, -0.25) is 0 Å². The Bertz CT molecular complexity index is 216. The van der Waals surface area contributed by atoms with Crippen molar-refractivity contribution in [3.8, 4) is 0 Å². The second kappa shape index (κ2) is 6.22. The van der Waals surface area contributed by atoms with E-state index in [0.717, 1.165) is 29.7 Å². The van der Waals surface area contributed by atoms with Crippen LogP contribution in [0.3, 0.4) is 0 Å². The fraction of sp³-hybridized carbons (Fsp3) is 1.00. The first-order chi connectivity index (χ1) is 8.19. The maximum Gasteiger partial charge on any atom is 0.00699 e. The summed E-state index contributed by atoms with van der Waals surface area (Å²) in [6, 6.07) is 0.840. The van der Waals surface area contributed by atoms with Gasteiger partial charge in [0.05, 0.1) is 0 Å². The SMILES string of the molecule is CCCNC1CCC(C2CC(C)CC(C)C2)C1. The summed E-state index contributed by atoms with van der Waals surface area (Å²) in [6.45, 7) is 8.41. The van der Waals surface area contributed by atoms with Crippen LogP contribution in [-0.2, 0) is 0 Å². The number of rotatable bonds is 4. The van der Waals surface area contributed by atoms with Gasteiger partial charge in [-0.25, -0.2) is 0 Å². The molecule has 1 nitrogen and oxygen atoms in total. The van der Waals surface area contributed by atoms with Crippen molar-refractivity contribution in [3.63, 3.8) is 0 Å². The van der Waals surface area contributed by atoms with Crippen molar-refractivity contribution < 1.29 is 0 Å². The third-order valence-corrected chi connectivity index (χ3v) is 5.04. The highest BCUT2D eigenvalue weighted by Crippen LogP contribution is 2.43. The molecule has 1 heteroatoms. The molecule has 0 aromatic heterocycles. The zero-order valence-electron chi connectivity index (χ0n) is 12.0. The van der Waals surface area contributed by atoms with Gasteiger partial charge in [0.2, 0.25) is 0 Å². The molecule has 2 aliphatic rings. The van der Waals surface area contributed by atoms with Crippen LogP contribution in [0.2, 0.25) is 0 Å². The van der Waals surface area contributed by atoms with Crippen LogP contribution in [0, 0.1) is 23.7 Å². The molecule has 2 rings (SSSR count). The van der Waals surface area contributed by atoms with Crippen LogP contribution >= 0.6 is 0 Å². The Labute approximate surface area is 108 Å². The molecule has 2 saturated carbocycles. The zero-order chi connectivity index (χ0) is 12.3. The van der Waals surface area contributed by atoms with Crippen molar-refractivity contribution in [1.82, 2.24) is 5.32 Å². The molecular formula is C16H31N. The van der Waals surface area contributed by atoms with E-state index in [1.807, 2.05) is 0 Å². The summed E-state index contributed by atoms with van der Waals surface area (Å²) < 4.78 is 0. The lowest BCUT2D eigenvalue weighted by Gasteiger charge is -2.35. The average molecular weight is 237 g/mol. The van der Waals surface area contributed by atoms with E-state index < -0.39 is 0 Å². The van der Waals surface area contributed by atoms with Gasteiger partial charge in [-0.15, -0.1) is 0 Å². The van der Waals surface area contributed by atoms with Crippen LogP contribution in [0.4, 0.5) is 0 Å². The molecule has 4 atom stereocenters. The van der Waals surface area contributed by atoms with Gasteiger partial charge in [0, 0.05) is 6.04 Å². The van der Waals surface area contributed by atoms with Gasteiger partial charge in [0.15, 0.2) is 0 Å². The highest BCUT2D eigenvalue weighted by Gasteiger charge is 2.34. The fourth-order valence-electron chi connectivity index (χ4n) is 4.37. The molecule has 0 aromatic carbocycles. The zero-order valence-corrected chi connectivity index (χ0v) is 12.0. The van der Waals surface area contributed by atoms with Crippen molar-refractivity contribution in [2.24, 2.45) is 23.7 Å². The molecule has 0 radical (unpaired) electrons. The van der Waals surface area contributed by atoms with Gasteiger partial charge in [-0.2, -0.15) is 0 Å². The minimum Gasteiger partial charge on any atom is -0.314 e. The minimum atomic E-state index is 0.840. The van der Waals surface area contributed by atoms with E-state index in [1.54, 1.807) is 0 Å². The second-order valence-corrected chi connectivity index (χ2v) is 6.90. The predicted molar refractivity (Wildman–Crippen MR) is 75.1 cm³/mol. The largest absolute Gasteiger partial charge is 0.314 e.